The number of nitrogens with one attached hydrogen (secondary N) is 1. The fraction of sp³-hybridized carbons (Fsp3) is 0.333. The number of benzene rings is 3. The third-order valence-electron chi connectivity index (χ3n) is 5.77. The zero-order valence-corrected chi connectivity index (χ0v) is 18.7. The number of hydrogen-bond donors (Lipinski definition) is 1. The van der Waals surface area contributed by atoms with E-state index in [1.807, 2.05) is 91.0 Å². The lowest BCUT2D eigenvalue weighted by Gasteiger charge is -2.27. The van der Waals surface area contributed by atoms with Crippen molar-refractivity contribution >= 4 is 0 Å². The molecule has 4 rings (SSSR count). The quantitative estimate of drug-likeness (QED) is 0.437. The van der Waals surface area contributed by atoms with Gasteiger partial charge in [-0.15, -0.1) is 0 Å². The van der Waals surface area contributed by atoms with Crippen LogP contribution in [0.15, 0.2) is 91.0 Å². The second kappa shape index (κ2) is 11.6. The van der Waals surface area contributed by atoms with Crippen LogP contribution in [-0.2, 0) is 34.0 Å². The number of halogens is 3. The van der Waals surface area contributed by atoms with Crippen LogP contribution in [0.5, 0.6) is 0 Å². The Bertz CT molecular complexity index is 986. The van der Waals surface area contributed by atoms with Gasteiger partial charge in [0.2, 0.25) is 0 Å². The van der Waals surface area contributed by atoms with Crippen LogP contribution >= 0.6 is 0 Å². The summed E-state index contributed by atoms with van der Waals surface area (Å²) in [6, 6.07) is 25.5. The van der Waals surface area contributed by atoms with Crippen molar-refractivity contribution in [3.63, 3.8) is 0 Å². The van der Waals surface area contributed by atoms with Crippen LogP contribution in [0.4, 0.5) is 13.2 Å². The molecular formula is C27H28F3NO3. The summed E-state index contributed by atoms with van der Waals surface area (Å²) < 4.78 is 59.7. The Hall–Kier alpha value is -2.71. The molecule has 0 radical (unpaired) electrons. The number of hydrogen-bond acceptors (Lipinski definition) is 4. The van der Waals surface area contributed by atoms with Crippen molar-refractivity contribution < 1.29 is 27.4 Å². The van der Waals surface area contributed by atoms with E-state index in [0.717, 1.165) is 16.7 Å². The molecular weight excluding hydrogens is 443 g/mol. The fourth-order valence-corrected chi connectivity index (χ4v) is 4.08. The number of rotatable bonds is 10. The molecule has 34 heavy (non-hydrogen) atoms. The molecule has 1 aliphatic rings. The molecule has 180 valence electrons. The molecule has 1 fully saturated rings. The zero-order chi connectivity index (χ0) is 23.8. The maximum atomic E-state index is 14.0. The Morgan fingerprint density at radius 1 is 0.618 bits per heavy atom. The van der Waals surface area contributed by atoms with Crippen LogP contribution in [0.25, 0.3) is 0 Å². The molecule has 1 aliphatic heterocycles. The van der Waals surface area contributed by atoms with Crippen molar-refractivity contribution in [1.82, 2.24) is 5.32 Å². The van der Waals surface area contributed by atoms with E-state index in [4.69, 9.17) is 14.2 Å². The zero-order valence-electron chi connectivity index (χ0n) is 18.7. The summed E-state index contributed by atoms with van der Waals surface area (Å²) in [4.78, 5) is 0. The molecule has 1 heterocycles. The Morgan fingerprint density at radius 2 is 1.06 bits per heavy atom. The molecule has 1 saturated heterocycles. The molecule has 0 aromatic heterocycles. The molecule has 4 nitrogen and oxygen atoms in total. The van der Waals surface area contributed by atoms with E-state index in [0.29, 0.717) is 6.61 Å². The van der Waals surface area contributed by atoms with Crippen molar-refractivity contribution in [2.75, 3.05) is 6.61 Å². The highest BCUT2D eigenvalue weighted by molar-refractivity contribution is 5.16. The lowest BCUT2D eigenvalue weighted by molar-refractivity contribution is -0.188. The van der Waals surface area contributed by atoms with Gasteiger partial charge in [-0.1, -0.05) is 91.0 Å². The van der Waals surface area contributed by atoms with E-state index >= 15 is 0 Å². The second-order valence-corrected chi connectivity index (χ2v) is 8.32. The minimum absolute atomic E-state index is 0.0581. The molecule has 0 amide bonds. The molecule has 7 heteroatoms. The Labute approximate surface area is 197 Å². The summed E-state index contributed by atoms with van der Waals surface area (Å²) in [5.41, 5.74) is 2.63. The maximum Gasteiger partial charge on any atom is 0.406 e. The topological polar surface area (TPSA) is 39.7 Å². The van der Waals surface area contributed by atoms with Crippen LogP contribution in [0.3, 0.4) is 0 Å². The first-order valence-electron chi connectivity index (χ1n) is 11.3. The molecule has 3 aromatic rings. The third kappa shape index (κ3) is 6.67. The molecule has 3 aromatic carbocycles. The van der Waals surface area contributed by atoms with Gasteiger partial charge in [0, 0.05) is 0 Å². The largest absolute Gasteiger partial charge is 0.406 e. The Balaban J connectivity index is 1.49. The predicted octanol–water partition coefficient (Wildman–Crippen LogP) is 5.28. The maximum absolute atomic E-state index is 14.0. The summed E-state index contributed by atoms with van der Waals surface area (Å²) in [7, 11) is 0. The van der Waals surface area contributed by atoms with Gasteiger partial charge in [-0.3, -0.25) is 5.32 Å². The van der Waals surface area contributed by atoms with Gasteiger partial charge in [-0.2, -0.15) is 13.2 Å². The number of alkyl halides is 3. The van der Waals surface area contributed by atoms with Crippen molar-refractivity contribution in [1.29, 1.82) is 0 Å². The summed E-state index contributed by atoms with van der Waals surface area (Å²) in [5.74, 6) is 0. The average Bonchev–Trinajstić information content (AvgIpc) is 3.21. The summed E-state index contributed by atoms with van der Waals surface area (Å²) in [6.45, 7) is 0.601. The van der Waals surface area contributed by atoms with Crippen LogP contribution < -0.4 is 5.32 Å². The SMILES string of the molecule is FC(F)(F)[C@H]1N[C@@H](COCc2ccccc2)[C@@H](OCc2ccccc2)[C@@H]1OCc1ccccc1. The highest BCUT2D eigenvalue weighted by atomic mass is 19.4. The first-order valence-corrected chi connectivity index (χ1v) is 11.3. The molecule has 4 atom stereocenters. The smallest absolute Gasteiger partial charge is 0.375 e. The minimum Gasteiger partial charge on any atom is -0.375 e. The van der Waals surface area contributed by atoms with E-state index < -0.39 is 30.5 Å². The normalized spacial score (nSPS) is 22.7. The molecule has 0 saturated carbocycles. The van der Waals surface area contributed by atoms with Crippen LogP contribution in [-0.4, -0.2) is 37.1 Å². The standard InChI is InChI=1S/C27H28F3NO3/c28-27(29,30)26-25(34-18-22-14-8-3-9-15-22)24(33-17-21-12-6-2-7-13-21)23(31-26)19-32-16-20-10-4-1-5-11-20/h1-15,23-26,31H,16-19H2/t23-,24+,25-,26-/m0/s1. The van der Waals surface area contributed by atoms with E-state index in [2.05, 4.69) is 5.32 Å². The van der Waals surface area contributed by atoms with Crippen LogP contribution in [0.1, 0.15) is 16.7 Å². The summed E-state index contributed by atoms with van der Waals surface area (Å²) in [6.07, 6.45) is -6.55. The van der Waals surface area contributed by atoms with Crippen LogP contribution in [0.2, 0.25) is 0 Å². The predicted molar refractivity (Wildman–Crippen MR) is 123 cm³/mol. The lowest BCUT2D eigenvalue weighted by atomic mass is 10.1. The highest BCUT2D eigenvalue weighted by Gasteiger charge is 2.56. The average molecular weight is 472 g/mol. The molecule has 0 unspecified atom stereocenters. The fourth-order valence-electron chi connectivity index (χ4n) is 4.08. The minimum atomic E-state index is -4.50. The van der Waals surface area contributed by atoms with Crippen LogP contribution in [0, 0.1) is 0 Å². The van der Waals surface area contributed by atoms with Gasteiger partial charge >= 0.3 is 6.18 Å². The summed E-state index contributed by atoms with van der Waals surface area (Å²) >= 11 is 0. The summed E-state index contributed by atoms with van der Waals surface area (Å²) in [5, 5.41) is 2.69. The van der Waals surface area contributed by atoms with E-state index in [-0.39, 0.29) is 19.8 Å². The second-order valence-electron chi connectivity index (χ2n) is 8.32. The van der Waals surface area contributed by atoms with Crippen molar-refractivity contribution in [3.05, 3.63) is 108 Å². The molecule has 0 spiro atoms. The molecule has 0 aliphatic carbocycles. The van der Waals surface area contributed by atoms with E-state index in [9.17, 15) is 13.2 Å². The highest BCUT2D eigenvalue weighted by Crippen LogP contribution is 2.34. The lowest BCUT2D eigenvalue weighted by Crippen LogP contribution is -2.47. The Morgan fingerprint density at radius 3 is 1.53 bits per heavy atom. The first kappa shape index (κ1) is 24.4. The van der Waals surface area contributed by atoms with Gasteiger partial charge in [0.25, 0.3) is 0 Å². The van der Waals surface area contributed by atoms with Crippen molar-refractivity contribution in [2.24, 2.45) is 0 Å². The number of ether oxygens (including phenoxy) is 3. The molecule has 0 bridgehead atoms. The molecule has 1 N–H and O–H groups in total. The van der Waals surface area contributed by atoms with Gasteiger partial charge in [-0.25, -0.2) is 0 Å². The van der Waals surface area contributed by atoms with Gasteiger partial charge in [-0.05, 0) is 16.7 Å². The van der Waals surface area contributed by atoms with Gasteiger partial charge < -0.3 is 14.2 Å². The Kier molecular flexibility index (Phi) is 8.34. The third-order valence-corrected chi connectivity index (χ3v) is 5.77. The van der Waals surface area contributed by atoms with E-state index in [1.165, 1.54) is 0 Å². The monoisotopic (exact) mass is 471 g/mol. The van der Waals surface area contributed by atoms with Gasteiger partial charge in [0.1, 0.15) is 18.2 Å². The van der Waals surface area contributed by atoms with E-state index in [1.54, 1.807) is 0 Å². The van der Waals surface area contributed by atoms with Gasteiger partial charge in [0.15, 0.2) is 0 Å². The van der Waals surface area contributed by atoms with Gasteiger partial charge in [0.05, 0.1) is 32.5 Å². The first-order chi connectivity index (χ1) is 16.5. The van der Waals surface area contributed by atoms with Crippen molar-refractivity contribution in [2.45, 2.75) is 50.3 Å². The van der Waals surface area contributed by atoms with Crippen molar-refractivity contribution in [3.8, 4) is 0 Å².